The van der Waals surface area contributed by atoms with Gasteiger partial charge in [-0.25, -0.2) is 5.01 Å². The maximum absolute atomic E-state index is 4.25. The van der Waals surface area contributed by atoms with Gasteiger partial charge in [0.1, 0.15) is 5.70 Å². The van der Waals surface area contributed by atoms with Crippen LogP contribution in [0.3, 0.4) is 0 Å². The SMILES string of the molecule is CC=C(/N=N\N(C)c1cccnc1)c1ccccn1. The molecule has 0 spiro atoms. The van der Waals surface area contributed by atoms with Crippen LogP contribution in [0.2, 0.25) is 0 Å². The van der Waals surface area contributed by atoms with Gasteiger partial charge in [0.25, 0.3) is 0 Å². The molecular weight excluding hydrogens is 238 g/mol. The van der Waals surface area contributed by atoms with Crippen LogP contribution in [0.1, 0.15) is 12.6 Å². The molecule has 0 aromatic carbocycles. The minimum Gasteiger partial charge on any atom is -0.262 e. The summed E-state index contributed by atoms with van der Waals surface area (Å²) in [5, 5.41) is 10.0. The minimum absolute atomic E-state index is 0.733. The molecule has 0 aliphatic heterocycles. The highest BCUT2D eigenvalue weighted by atomic mass is 15.5. The molecule has 0 unspecified atom stereocenters. The molecule has 0 fully saturated rings. The minimum atomic E-state index is 0.733. The first-order chi connectivity index (χ1) is 9.31. The molecule has 5 nitrogen and oxygen atoms in total. The molecule has 2 heterocycles. The van der Waals surface area contributed by atoms with E-state index in [0.717, 1.165) is 17.1 Å². The maximum Gasteiger partial charge on any atom is 0.109 e. The third-order valence-electron chi connectivity index (χ3n) is 2.51. The molecule has 96 valence electrons. The molecule has 0 N–H and O–H groups in total. The van der Waals surface area contributed by atoms with Gasteiger partial charge in [0.2, 0.25) is 0 Å². The van der Waals surface area contributed by atoms with Crippen LogP contribution in [0.15, 0.2) is 65.3 Å². The first kappa shape index (κ1) is 12.9. The smallest absolute Gasteiger partial charge is 0.109 e. The van der Waals surface area contributed by atoms with Crippen LogP contribution >= 0.6 is 0 Å². The lowest BCUT2D eigenvalue weighted by Gasteiger charge is -2.10. The third kappa shape index (κ3) is 3.45. The summed E-state index contributed by atoms with van der Waals surface area (Å²) in [6, 6.07) is 9.47. The quantitative estimate of drug-likeness (QED) is 0.620. The molecule has 0 saturated carbocycles. The van der Waals surface area contributed by atoms with Crippen molar-refractivity contribution in [3.8, 4) is 0 Å². The molecule has 0 radical (unpaired) electrons. The average molecular weight is 253 g/mol. The molecule has 0 bridgehead atoms. The number of hydrogen-bond acceptors (Lipinski definition) is 4. The molecule has 0 amide bonds. The van der Waals surface area contributed by atoms with E-state index in [1.54, 1.807) is 23.6 Å². The van der Waals surface area contributed by atoms with Gasteiger partial charge in [-0.1, -0.05) is 17.4 Å². The van der Waals surface area contributed by atoms with Crippen molar-refractivity contribution in [3.05, 3.63) is 60.7 Å². The van der Waals surface area contributed by atoms with Crippen molar-refractivity contribution in [1.29, 1.82) is 0 Å². The molecule has 0 atom stereocenters. The lowest BCUT2D eigenvalue weighted by molar-refractivity contribution is 0.918. The number of allylic oxidation sites excluding steroid dienone is 1. The molecule has 2 rings (SSSR count). The van der Waals surface area contributed by atoms with E-state index in [2.05, 4.69) is 20.3 Å². The van der Waals surface area contributed by atoms with Crippen molar-refractivity contribution < 1.29 is 0 Å². The van der Waals surface area contributed by atoms with Gasteiger partial charge >= 0.3 is 0 Å². The highest BCUT2D eigenvalue weighted by molar-refractivity contribution is 5.60. The van der Waals surface area contributed by atoms with E-state index < -0.39 is 0 Å². The molecule has 2 aromatic rings. The van der Waals surface area contributed by atoms with Crippen molar-refractivity contribution in [2.24, 2.45) is 10.3 Å². The number of anilines is 1. The van der Waals surface area contributed by atoms with Crippen molar-refractivity contribution in [2.75, 3.05) is 12.1 Å². The van der Waals surface area contributed by atoms with Crippen molar-refractivity contribution in [3.63, 3.8) is 0 Å². The molecule has 0 aliphatic carbocycles. The van der Waals surface area contributed by atoms with Gasteiger partial charge in [-0.3, -0.25) is 9.97 Å². The molecular formula is C14H15N5. The Morgan fingerprint density at radius 1 is 1.21 bits per heavy atom. The molecule has 5 heteroatoms. The molecule has 0 saturated heterocycles. The standard InChI is InChI=1S/C14H15N5/c1-3-13(14-8-4-5-10-16-14)17-18-19(2)12-7-6-9-15-11-12/h3-11H,1-2H3/b13-3?,18-17-. The highest BCUT2D eigenvalue weighted by Crippen LogP contribution is 2.15. The number of hydrogen-bond donors (Lipinski definition) is 0. The second-order valence-electron chi connectivity index (χ2n) is 3.81. The Hall–Kier alpha value is -2.56. The summed E-state index contributed by atoms with van der Waals surface area (Å²) in [5.41, 5.74) is 2.41. The number of nitrogens with zero attached hydrogens (tertiary/aromatic N) is 5. The number of pyridine rings is 2. The largest absolute Gasteiger partial charge is 0.262 e. The van der Waals surface area contributed by atoms with Crippen LogP contribution in [0, 0.1) is 0 Å². The van der Waals surface area contributed by atoms with Crippen LogP contribution in [0.5, 0.6) is 0 Å². The van der Waals surface area contributed by atoms with Crippen LogP contribution in [0.4, 0.5) is 5.69 Å². The zero-order valence-electron chi connectivity index (χ0n) is 10.9. The predicted octanol–water partition coefficient (Wildman–Crippen LogP) is 3.34. The lowest BCUT2D eigenvalue weighted by atomic mass is 10.3. The van der Waals surface area contributed by atoms with Crippen LogP contribution in [-0.2, 0) is 0 Å². The van der Waals surface area contributed by atoms with E-state index in [1.807, 2.05) is 50.4 Å². The molecule has 0 aliphatic rings. The second kappa shape index (κ2) is 6.39. The molecule has 19 heavy (non-hydrogen) atoms. The van der Waals surface area contributed by atoms with Crippen LogP contribution in [-0.4, -0.2) is 17.0 Å². The highest BCUT2D eigenvalue weighted by Gasteiger charge is 2.01. The average Bonchev–Trinajstić information content (AvgIpc) is 2.49. The zero-order chi connectivity index (χ0) is 13.5. The second-order valence-corrected chi connectivity index (χ2v) is 3.81. The van der Waals surface area contributed by atoms with Gasteiger partial charge in [0.15, 0.2) is 0 Å². The maximum atomic E-state index is 4.25. The Balaban J connectivity index is 2.14. The number of rotatable bonds is 4. The Bertz CT molecular complexity index is 563. The Morgan fingerprint density at radius 2 is 2.11 bits per heavy atom. The van der Waals surface area contributed by atoms with Gasteiger partial charge in [0, 0.05) is 19.4 Å². The van der Waals surface area contributed by atoms with E-state index in [4.69, 9.17) is 0 Å². The fraction of sp³-hybridized carbons (Fsp3) is 0.143. The third-order valence-corrected chi connectivity index (χ3v) is 2.51. The van der Waals surface area contributed by atoms with E-state index >= 15 is 0 Å². The first-order valence-electron chi connectivity index (χ1n) is 5.94. The summed E-state index contributed by atoms with van der Waals surface area (Å²) in [5.74, 6) is 0. The topological polar surface area (TPSA) is 53.7 Å². The molecule has 2 aromatic heterocycles. The van der Waals surface area contributed by atoms with Gasteiger partial charge in [-0.15, -0.1) is 5.11 Å². The lowest BCUT2D eigenvalue weighted by Crippen LogP contribution is -2.07. The van der Waals surface area contributed by atoms with E-state index in [1.165, 1.54) is 0 Å². The fourth-order valence-corrected chi connectivity index (χ4v) is 1.48. The summed E-state index contributed by atoms with van der Waals surface area (Å²) in [6.07, 6.45) is 7.07. The summed E-state index contributed by atoms with van der Waals surface area (Å²) >= 11 is 0. The van der Waals surface area contributed by atoms with Gasteiger partial charge < -0.3 is 0 Å². The fourth-order valence-electron chi connectivity index (χ4n) is 1.48. The monoisotopic (exact) mass is 253 g/mol. The van der Waals surface area contributed by atoms with Crippen molar-refractivity contribution in [2.45, 2.75) is 6.92 Å². The zero-order valence-corrected chi connectivity index (χ0v) is 10.9. The summed E-state index contributed by atoms with van der Waals surface area (Å²) in [7, 11) is 1.83. The van der Waals surface area contributed by atoms with Gasteiger partial charge in [-0.2, -0.15) is 0 Å². The van der Waals surface area contributed by atoms with E-state index in [0.29, 0.717) is 0 Å². The van der Waals surface area contributed by atoms with Crippen LogP contribution in [0.25, 0.3) is 5.70 Å². The Morgan fingerprint density at radius 3 is 2.74 bits per heavy atom. The van der Waals surface area contributed by atoms with Crippen molar-refractivity contribution in [1.82, 2.24) is 9.97 Å². The first-order valence-corrected chi connectivity index (χ1v) is 5.94. The Labute approximate surface area is 112 Å². The predicted molar refractivity (Wildman–Crippen MR) is 75.4 cm³/mol. The van der Waals surface area contributed by atoms with Crippen LogP contribution < -0.4 is 5.01 Å². The summed E-state index contributed by atoms with van der Waals surface area (Å²) < 4.78 is 0. The van der Waals surface area contributed by atoms with Crippen molar-refractivity contribution >= 4 is 11.4 Å². The van der Waals surface area contributed by atoms with Gasteiger partial charge in [0.05, 0.1) is 17.6 Å². The van der Waals surface area contributed by atoms with E-state index in [-0.39, 0.29) is 0 Å². The van der Waals surface area contributed by atoms with E-state index in [9.17, 15) is 0 Å². The Kier molecular flexibility index (Phi) is 4.34. The summed E-state index contributed by atoms with van der Waals surface area (Å²) in [6.45, 7) is 1.91. The van der Waals surface area contributed by atoms with Gasteiger partial charge in [-0.05, 0) is 31.2 Å². The number of aromatic nitrogens is 2. The normalized spacial score (nSPS) is 11.8. The summed E-state index contributed by atoms with van der Waals surface area (Å²) in [4.78, 5) is 8.29.